The molecule has 0 unspecified atom stereocenters. The molecule has 8 aromatic carbocycles. The molecule has 0 fully saturated rings. The van der Waals surface area contributed by atoms with Crippen LogP contribution in [0.1, 0.15) is 124 Å². The molecular weight excluding hydrogens is 987 g/mol. The number of rotatable bonds is 18. The van der Waals surface area contributed by atoms with Gasteiger partial charge in [-0.2, -0.15) is 0 Å². The predicted molar refractivity (Wildman–Crippen MR) is 325 cm³/mol. The van der Waals surface area contributed by atoms with Crippen LogP contribution in [0, 0.1) is 0 Å². The molecule has 10 N–H and O–H groups in total. The predicted octanol–water partition coefficient (Wildman–Crippen LogP) is 15.1. The van der Waals surface area contributed by atoms with Gasteiger partial charge >= 0.3 is 0 Å². The number of phenols is 1. The summed E-state index contributed by atoms with van der Waals surface area (Å²) in [6, 6.07) is 72.5. The molecule has 0 aliphatic rings. The SMILES string of the molecule is CCCCO.CCCCO.CCCCO.CCCCO.Nc1ccc(N)cc1.Oc1ccc(Nc2ccccc2)cc1.[Ti].c1ccc(Cc2ccc(Cc3ccc(Cc4ccc(Cc5ccccc5)cc4)cc3)cc2)cc1. The van der Waals surface area contributed by atoms with Crippen LogP contribution in [-0.2, 0) is 47.4 Å². The summed E-state index contributed by atoms with van der Waals surface area (Å²) >= 11 is 0. The zero-order valence-electron chi connectivity index (χ0n) is 46.4. The molecule has 0 amide bonds. The fourth-order valence-electron chi connectivity index (χ4n) is 6.82. The normalized spacial score (nSPS) is 9.66. The molecule has 410 valence electrons. The first-order valence-electron chi connectivity index (χ1n) is 27.1. The van der Waals surface area contributed by atoms with E-state index in [1.807, 2.05) is 42.5 Å². The third kappa shape index (κ3) is 34.7. The average Bonchev–Trinajstić information content (AvgIpc) is 3.45. The van der Waals surface area contributed by atoms with Crippen LogP contribution >= 0.6 is 0 Å². The number of nitrogens with one attached hydrogen (secondary N) is 1. The van der Waals surface area contributed by atoms with Crippen LogP contribution in [0.5, 0.6) is 5.75 Å². The van der Waals surface area contributed by atoms with Crippen molar-refractivity contribution < 1.29 is 47.3 Å². The summed E-state index contributed by atoms with van der Waals surface area (Å²) in [6.07, 6.45) is 12.1. The number of unbranched alkanes of at least 4 members (excludes halogenated alkanes) is 4. The Morgan fingerprint density at radius 1 is 0.299 bits per heavy atom. The molecule has 0 aromatic heterocycles. The number of nitrogens with two attached hydrogens (primary N) is 2. The van der Waals surface area contributed by atoms with Crippen LogP contribution in [0.15, 0.2) is 212 Å². The second kappa shape index (κ2) is 45.7. The van der Waals surface area contributed by atoms with Gasteiger partial charge in [0.05, 0.1) is 0 Å². The van der Waals surface area contributed by atoms with Gasteiger partial charge in [0.25, 0.3) is 0 Å². The molecule has 0 heterocycles. The zero-order valence-corrected chi connectivity index (χ0v) is 48.0. The second-order valence-electron chi connectivity index (χ2n) is 18.1. The Kier molecular flexibility index (Phi) is 40.7. The van der Waals surface area contributed by atoms with Crippen molar-refractivity contribution in [1.29, 1.82) is 0 Å². The van der Waals surface area contributed by atoms with Crippen LogP contribution in [0.3, 0.4) is 0 Å². The molecule has 8 aromatic rings. The first-order valence-corrected chi connectivity index (χ1v) is 27.1. The quantitative estimate of drug-likeness (QED) is 0.0239. The molecule has 8 rings (SSSR count). The Hall–Kier alpha value is -6.49. The van der Waals surface area contributed by atoms with E-state index in [-0.39, 0.29) is 27.5 Å². The van der Waals surface area contributed by atoms with E-state index in [4.69, 9.17) is 37.0 Å². The van der Waals surface area contributed by atoms with E-state index in [9.17, 15) is 0 Å². The number of hydrogen-bond donors (Lipinski definition) is 8. The Morgan fingerprint density at radius 2 is 0.519 bits per heavy atom. The topological polar surface area (TPSA) is 165 Å². The van der Waals surface area contributed by atoms with Crippen molar-refractivity contribution in [3.63, 3.8) is 0 Å². The number of phenolic OH excluding ortho intramolecular Hbond substituents is 1. The minimum absolute atomic E-state index is 0. The van der Waals surface area contributed by atoms with E-state index in [1.54, 1.807) is 36.4 Å². The summed E-state index contributed by atoms with van der Waals surface area (Å²) in [4.78, 5) is 0. The van der Waals surface area contributed by atoms with Gasteiger partial charge in [-0.3, -0.25) is 0 Å². The van der Waals surface area contributed by atoms with Crippen molar-refractivity contribution in [3.8, 4) is 5.75 Å². The van der Waals surface area contributed by atoms with E-state index < -0.39 is 0 Å². The molecule has 0 radical (unpaired) electrons. The van der Waals surface area contributed by atoms with Gasteiger partial charge in [-0.25, -0.2) is 0 Å². The number of aliphatic hydroxyl groups is 4. The number of nitrogen functional groups attached to an aromatic ring is 2. The second-order valence-corrected chi connectivity index (χ2v) is 18.1. The number of aromatic hydroxyl groups is 1. The maximum Gasteiger partial charge on any atom is 0.115 e. The number of hydrogen-bond acceptors (Lipinski definition) is 8. The number of anilines is 4. The van der Waals surface area contributed by atoms with Gasteiger partial charge in [0, 0.05) is 70.9 Å². The number of aliphatic hydroxyl groups excluding tert-OH is 4. The van der Waals surface area contributed by atoms with E-state index in [0.717, 1.165) is 99.8 Å². The fraction of sp³-hybridized carbons (Fsp3) is 0.294. The molecule has 0 aliphatic heterocycles. The fourth-order valence-corrected chi connectivity index (χ4v) is 6.82. The summed E-state index contributed by atoms with van der Waals surface area (Å²) in [6.45, 7) is 9.58. The summed E-state index contributed by atoms with van der Waals surface area (Å²) in [5.41, 5.74) is 25.1. The van der Waals surface area contributed by atoms with Gasteiger partial charge in [-0.1, -0.05) is 205 Å². The average molecular weight is 1080 g/mol. The Balaban J connectivity index is 0.000000562. The summed E-state index contributed by atoms with van der Waals surface area (Å²) in [5, 5.41) is 44.6. The Bertz CT molecular complexity index is 2370. The molecule has 9 heteroatoms. The van der Waals surface area contributed by atoms with Crippen LogP contribution < -0.4 is 16.8 Å². The summed E-state index contributed by atoms with van der Waals surface area (Å²) < 4.78 is 0. The maximum atomic E-state index is 9.09. The van der Waals surface area contributed by atoms with E-state index in [2.05, 4.69) is 166 Å². The molecule has 0 atom stereocenters. The third-order valence-corrected chi connectivity index (χ3v) is 11.3. The van der Waals surface area contributed by atoms with Crippen molar-refractivity contribution >= 4 is 22.7 Å². The molecule has 77 heavy (non-hydrogen) atoms. The first-order chi connectivity index (χ1) is 37.1. The Morgan fingerprint density at radius 3 is 0.740 bits per heavy atom. The van der Waals surface area contributed by atoms with Crippen molar-refractivity contribution in [2.45, 2.75) is 105 Å². The molecule has 0 aliphatic carbocycles. The van der Waals surface area contributed by atoms with Gasteiger partial charge in [-0.05, 0) is 157 Å². The molecule has 0 bridgehead atoms. The van der Waals surface area contributed by atoms with Crippen LogP contribution in [0.2, 0.25) is 0 Å². The molecule has 0 saturated carbocycles. The number of para-hydroxylation sites is 1. The van der Waals surface area contributed by atoms with Crippen LogP contribution in [-0.4, -0.2) is 52.0 Å². The molecule has 8 nitrogen and oxygen atoms in total. The smallest absolute Gasteiger partial charge is 0.115 e. The summed E-state index contributed by atoms with van der Waals surface area (Å²) in [5.74, 6) is 0.281. The van der Waals surface area contributed by atoms with E-state index >= 15 is 0 Å². The van der Waals surface area contributed by atoms with Crippen LogP contribution in [0.4, 0.5) is 22.7 Å². The van der Waals surface area contributed by atoms with Crippen LogP contribution in [0.25, 0.3) is 0 Å². The molecule has 0 saturated heterocycles. The maximum absolute atomic E-state index is 9.09. The van der Waals surface area contributed by atoms with E-state index in [1.165, 1.54) is 44.5 Å². The van der Waals surface area contributed by atoms with Crippen molar-refractivity contribution in [2.75, 3.05) is 43.2 Å². The minimum Gasteiger partial charge on any atom is -0.508 e. The summed E-state index contributed by atoms with van der Waals surface area (Å²) in [7, 11) is 0. The monoisotopic (exact) mass is 1080 g/mol. The van der Waals surface area contributed by atoms with Gasteiger partial charge in [-0.15, -0.1) is 0 Å². The van der Waals surface area contributed by atoms with Gasteiger partial charge in [0.1, 0.15) is 5.75 Å². The first kappa shape index (κ1) is 68.5. The van der Waals surface area contributed by atoms with Crippen molar-refractivity contribution in [2.24, 2.45) is 0 Å². The molecule has 0 spiro atoms. The van der Waals surface area contributed by atoms with Gasteiger partial charge in [0.2, 0.25) is 0 Å². The van der Waals surface area contributed by atoms with Crippen molar-refractivity contribution in [1.82, 2.24) is 0 Å². The van der Waals surface area contributed by atoms with Gasteiger partial charge < -0.3 is 42.3 Å². The minimum atomic E-state index is 0. The number of benzene rings is 8. The largest absolute Gasteiger partial charge is 0.508 e. The van der Waals surface area contributed by atoms with Gasteiger partial charge in [0.15, 0.2) is 0 Å². The van der Waals surface area contributed by atoms with E-state index in [0.29, 0.717) is 26.4 Å². The molecular formula is C68H89N3O5Ti. The zero-order chi connectivity index (χ0) is 55.3. The third-order valence-electron chi connectivity index (χ3n) is 11.3. The Labute approximate surface area is 477 Å². The van der Waals surface area contributed by atoms with Crippen molar-refractivity contribution in [3.05, 3.63) is 257 Å². The standard InChI is InChI=1S/C34H30.C12H11NO.C6H8N2.4C4H10O.Ti/c1-3-7-27(8-4-1)23-29-11-15-31(16-12-29)25-33-19-21-34(22-20-33)26-32-17-13-30(14-18-32)24-28-9-5-2-6-10-28;14-12-8-6-11(7-9-12)13-10-4-2-1-3-5-10;7-5-1-2-6(8)4-3-5;4*1-2-3-4-5;/h1-22H,23-26H2;1-9,13-14H;1-4H,7-8H2;4*5H,2-4H2,1H3;.